The van der Waals surface area contributed by atoms with Crippen molar-refractivity contribution >= 4 is 5.91 Å². The number of amides is 1. The fourth-order valence-corrected chi connectivity index (χ4v) is 5.10. The number of nitrogens with one attached hydrogen (secondary N) is 2. The topological polar surface area (TPSA) is 96.2 Å². The van der Waals surface area contributed by atoms with Crippen LogP contribution < -0.4 is 16.2 Å². The second-order valence-corrected chi connectivity index (χ2v) is 8.61. The number of halogens is 1. The van der Waals surface area contributed by atoms with Gasteiger partial charge in [0.15, 0.2) is 0 Å². The van der Waals surface area contributed by atoms with Crippen LogP contribution in [0.15, 0.2) is 65.7 Å². The summed E-state index contributed by atoms with van der Waals surface area (Å²) in [6, 6.07) is 12.7. The normalized spacial score (nSPS) is 23.2. The van der Waals surface area contributed by atoms with Crippen molar-refractivity contribution in [2.75, 3.05) is 13.2 Å². The van der Waals surface area contributed by atoms with Crippen LogP contribution in [0.25, 0.3) is 11.1 Å². The number of hydrogen-bond acceptors (Lipinski definition) is 5. The number of nitrogens with zero attached hydrogens (tertiary/aromatic N) is 2. The van der Waals surface area contributed by atoms with Gasteiger partial charge in [-0.15, -0.1) is 0 Å². The number of aliphatic hydroxyl groups is 1. The summed E-state index contributed by atoms with van der Waals surface area (Å²) in [5.41, 5.74) is 2.77. The summed E-state index contributed by atoms with van der Waals surface area (Å²) in [6.07, 6.45) is 4.12. The molecule has 2 aliphatic heterocycles. The maximum absolute atomic E-state index is 13.3. The zero-order chi connectivity index (χ0) is 22.9. The van der Waals surface area contributed by atoms with Gasteiger partial charge in [-0.2, -0.15) is 0 Å². The predicted molar refractivity (Wildman–Crippen MR) is 121 cm³/mol. The van der Waals surface area contributed by atoms with Crippen LogP contribution in [-0.2, 0) is 17.8 Å². The van der Waals surface area contributed by atoms with Gasteiger partial charge in [-0.05, 0) is 53.9 Å². The molecule has 0 unspecified atom stereocenters. The van der Waals surface area contributed by atoms with Gasteiger partial charge in [0.05, 0.1) is 12.0 Å². The number of rotatable bonds is 6. The molecule has 170 valence electrons. The molecule has 1 fully saturated rings. The van der Waals surface area contributed by atoms with Crippen LogP contribution in [0.4, 0.5) is 4.39 Å². The molecule has 33 heavy (non-hydrogen) atoms. The molecule has 2 bridgehead atoms. The largest absolute Gasteiger partial charge is 0.396 e. The highest BCUT2D eigenvalue weighted by molar-refractivity contribution is 5.80. The average Bonchev–Trinajstić information content (AvgIpc) is 3.13. The SMILES string of the molecule is O=C(NCCc1ccncc1)[C@@H]1[C@@H](CO)[C@@H]2Cn3c(ccc(-c4ccc(F)cc4)c3=O)[C@H]1N2. The third-order valence-electron chi connectivity index (χ3n) is 6.77. The van der Waals surface area contributed by atoms with Crippen molar-refractivity contribution in [3.8, 4) is 11.1 Å². The van der Waals surface area contributed by atoms with Gasteiger partial charge in [-0.1, -0.05) is 12.1 Å². The number of aliphatic hydroxyl groups excluding tert-OH is 1. The van der Waals surface area contributed by atoms with E-state index in [2.05, 4.69) is 15.6 Å². The van der Waals surface area contributed by atoms with Crippen molar-refractivity contribution in [2.45, 2.75) is 25.0 Å². The van der Waals surface area contributed by atoms with Crippen molar-refractivity contribution in [3.63, 3.8) is 0 Å². The van der Waals surface area contributed by atoms with E-state index in [1.165, 1.54) is 12.1 Å². The molecule has 0 aliphatic carbocycles. The first-order valence-corrected chi connectivity index (χ1v) is 11.1. The maximum atomic E-state index is 13.3. The van der Waals surface area contributed by atoms with Crippen molar-refractivity contribution in [2.24, 2.45) is 11.8 Å². The molecular formula is C25H25FN4O3. The van der Waals surface area contributed by atoms with Gasteiger partial charge in [0, 0.05) is 55.3 Å². The highest BCUT2D eigenvalue weighted by Gasteiger charge is 2.50. The molecular weight excluding hydrogens is 423 g/mol. The zero-order valence-electron chi connectivity index (χ0n) is 17.9. The van der Waals surface area contributed by atoms with Crippen LogP contribution >= 0.6 is 0 Å². The molecule has 8 heteroatoms. The summed E-state index contributed by atoms with van der Waals surface area (Å²) >= 11 is 0. The van der Waals surface area contributed by atoms with Crippen molar-refractivity contribution in [1.29, 1.82) is 0 Å². The summed E-state index contributed by atoms with van der Waals surface area (Å²) in [7, 11) is 0. The lowest BCUT2D eigenvalue weighted by atomic mass is 9.86. The van der Waals surface area contributed by atoms with Crippen molar-refractivity contribution in [1.82, 2.24) is 20.2 Å². The molecule has 1 aromatic carbocycles. The first-order chi connectivity index (χ1) is 16.1. The van der Waals surface area contributed by atoms with Crippen LogP contribution in [0, 0.1) is 17.7 Å². The van der Waals surface area contributed by atoms with Gasteiger partial charge in [0.1, 0.15) is 5.82 Å². The molecule has 1 saturated heterocycles. The van der Waals surface area contributed by atoms with E-state index in [1.807, 2.05) is 18.2 Å². The molecule has 4 atom stereocenters. The number of fused-ring (bicyclic) bond motifs is 4. The van der Waals surface area contributed by atoms with E-state index in [0.717, 1.165) is 11.3 Å². The summed E-state index contributed by atoms with van der Waals surface area (Å²) in [4.78, 5) is 30.5. The number of pyridine rings is 2. The quantitative estimate of drug-likeness (QED) is 0.533. The van der Waals surface area contributed by atoms with Crippen molar-refractivity contribution in [3.05, 3.63) is 88.4 Å². The van der Waals surface area contributed by atoms with E-state index >= 15 is 0 Å². The maximum Gasteiger partial charge on any atom is 0.258 e. The first kappa shape index (κ1) is 21.5. The molecule has 7 nitrogen and oxygen atoms in total. The fraction of sp³-hybridized carbons (Fsp3) is 0.320. The minimum absolute atomic E-state index is 0.133. The molecule has 1 amide bonds. The minimum Gasteiger partial charge on any atom is -0.396 e. The van der Waals surface area contributed by atoms with Crippen LogP contribution in [0.2, 0.25) is 0 Å². The van der Waals surface area contributed by atoms with Gasteiger partial charge in [0.2, 0.25) is 5.91 Å². The van der Waals surface area contributed by atoms with Gasteiger partial charge in [-0.3, -0.25) is 14.6 Å². The number of carbonyl (C=O) groups is 1. The van der Waals surface area contributed by atoms with Gasteiger partial charge in [0.25, 0.3) is 5.56 Å². The highest BCUT2D eigenvalue weighted by Crippen LogP contribution is 2.41. The Labute approximate surface area is 190 Å². The van der Waals surface area contributed by atoms with E-state index < -0.39 is 5.92 Å². The average molecular weight is 448 g/mol. The number of aromatic nitrogens is 2. The monoisotopic (exact) mass is 448 g/mol. The third-order valence-corrected chi connectivity index (χ3v) is 6.77. The molecule has 0 radical (unpaired) electrons. The van der Waals surface area contributed by atoms with E-state index in [1.54, 1.807) is 35.2 Å². The van der Waals surface area contributed by atoms with Crippen LogP contribution in [-0.4, -0.2) is 39.8 Å². The van der Waals surface area contributed by atoms with E-state index in [4.69, 9.17) is 0 Å². The first-order valence-electron chi connectivity index (χ1n) is 11.1. The van der Waals surface area contributed by atoms with Crippen molar-refractivity contribution < 1.29 is 14.3 Å². The Morgan fingerprint density at radius 1 is 1.15 bits per heavy atom. The summed E-state index contributed by atoms with van der Waals surface area (Å²) in [5, 5.41) is 16.5. The van der Waals surface area contributed by atoms with E-state index in [-0.39, 0.29) is 41.9 Å². The van der Waals surface area contributed by atoms with E-state index in [9.17, 15) is 19.1 Å². The lowest BCUT2D eigenvalue weighted by molar-refractivity contribution is -0.127. The smallest absolute Gasteiger partial charge is 0.258 e. The molecule has 4 heterocycles. The molecule has 2 aromatic heterocycles. The summed E-state index contributed by atoms with van der Waals surface area (Å²) < 4.78 is 15.0. The number of hydrogen-bond donors (Lipinski definition) is 3. The Morgan fingerprint density at radius 2 is 1.91 bits per heavy atom. The lowest BCUT2D eigenvalue weighted by Gasteiger charge is -2.28. The molecule has 3 aromatic rings. The molecule has 0 spiro atoms. The minimum atomic E-state index is -0.484. The number of benzene rings is 1. The van der Waals surface area contributed by atoms with Crippen LogP contribution in [0.5, 0.6) is 0 Å². The number of carbonyl (C=O) groups excluding carboxylic acids is 1. The second kappa shape index (κ2) is 8.88. The fourth-order valence-electron chi connectivity index (χ4n) is 5.10. The Morgan fingerprint density at radius 3 is 2.64 bits per heavy atom. The zero-order valence-corrected chi connectivity index (χ0v) is 17.9. The Bertz CT molecular complexity index is 1210. The molecule has 2 aliphatic rings. The Hall–Kier alpha value is -3.36. The Kier molecular flexibility index (Phi) is 5.78. The van der Waals surface area contributed by atoms with Gasteiger partial charge >= 0.3 is 0 Å². The Balaban J connectivity index is 1.40. The van der Waals surface area contributed by atoms with Crippen LogP contribution in [0.1, 0.15) is 17.3 Å². The highest BCUT2D eigenvalue weighted by atomic mass is 19.1. The summed E-state index contributed by atoms with van der Waals surface area (Å²) in [6.45, 7) is 0.696. The van der Waals surface area contributed by atoms with Crippen LogP contribution in [0.3, 0.4) is 0 Å². The van der Waals surface area contributed by atoms with E-state index in [0.29, 0.717) is 30.6 Å². The predicted octanol–water partition coefficient (Wildman–Crippen LogP) is 1.66. The standard InChI is InChI=1S/C25H25FN4O3/c26-17-3-1-16(2-4-17)18-5-6-21-23-22(19(14-31)20(29-23)13-30(21)25(18)33)24(32)28-12-9-15-7-10-27-11-8-15/h1-8,10-11,19-20,22-23,29,31H,9,12-14H2,(H,28,32)/t19-,20-,22+,23+/m0/s1. The third kappa shape index (κ3) is 3.96. The molecule has 5 rings (SSSR count). The second-order valence-electron chi connectivity index (χ2n) is 8.61. The lowest BCUT2D eigenvalue weighted by Crippen LogP contribution is -2.43. The van der Waals surface area contributed by atoms with Gasteiger partial charge in [-0.25, -0.2) is 4.39 Å². The molecule has 3 N–H and O–H groups in total. The van der Waals surface area contributed by atoms with Gasteiger partial charge < -0.3 is 20.3 Å². The molecule has 0 saturated carbocycles. The summed E-state index contributed by atoms with van der Waals surface area (Å²) in [5.74, 6) is -1.28.